The van der Waals surface area contributed by atoms with E-state index in [-0.39, 0.29) is 30.7 Å². The average Bonchev–Trinajstić information content (AvgIpc) is 3.11. The molecule has 1 saturated carbocycles. The summed E-state index contributed by atoms with van der Waals surface area (Å²) >= 11 is 0. The van der Waals surface area contributed by atoms with Crippen LogP contribution in [0, 0.1) is 5.92 Å². The molecular formula is C17H27N5O3. The van der Waals surface area contributed by atoms with Crippen molar-refractivity contribution in [1.29, 1.82) is 0 Å². The van der Waals surface area contributed by atoms with Crippen LogP contribution in [0.2, 0.25) is 0 Å². The molecule has 138 valence electrons. The number of carbonyl (C=O) groups is 2. The van der Waals surface area contributed by atoms with Crippen molar-refractivity contribution in [2.24, 2.45) is 5.92 Å². The van der Waals surface area contributed by atoms with Gasteiger partial charge in [0.05, 0.1) is 11.8 Å². The lowest BCUT2D eigenvalue weighted by molar-refractivity contribution is -0.142. The molecule has 1 saturated heterocycles. The minimum atomic E-state index is -0.680. The van der Waals surface area contributed by atoms with E-state index >= 15 is 0 Å². The Morgan fingerprint density at radius 1 is 1.36 bits per heavy atom. The highest BCUT2D eigenvalue weighted by Gasteiger charge is 2.42. The zero-order chi connectivity index (χ0) is 18.1. The molecule has 2 N–H and O–H groups in total. The molecule has 1 aliphatic heterocycles. The van der Waals surface area contributed by atoms with Crippen LogP contribution in [0.1, 0.15) is 57.2 Å². The number of amides is 2. The van der Waals surface area contributed by atoms with E-state index in [1.165, 1.54) is 18.4 Å². The summed E-state index contributed by atoms with van der Waals surface area (Å²) in [6, 6.07) is -1.16. The quantitative estimate of drug-likeness (QED) is 0.804. The van der Waals surface area contributed by atoms with Crippen LogP contribution in [0.25, 0.3) is 0 Å². The molecule has 8 heteroatoms. The minimum absolute atomic E-state index is 0.00785. The van der Waals surface area contributed by atoms with Crippen molar-refractivity contribution in [3.63, 3.8) is 0 Å². The summed E-state index contributed by atoms with van der Waals surface area (Å²) < 4.78 is 1.63. The van der Waals surface area contributed by atoms with Gasteiger partial charge >= 0.3 is 0 Å². The Morgan fingerprint density at radius 3 is 2.64 bits per heavy atom. The van der Waals surface area contributed by atoms with Crippen molar-refractivity contribution >= 4 is 11.8 Å². The van der Waals surface area contributed by atoms with Gasteiger partial charge in [-0.05, 0) is 18.8 Å². The monoisotopic (exact) mass is 349 g/mol. The number of aliphatic hydroxyl groups excluding tert-OH is 1. The molecule has 25 heavy (non-hydrogen) atoms. The molecule has 3 atom stereocenters. The van der Waals surface area contributed by atoms with E-state index < -0.39 is 18.2 Å². The average molecular weight is 349 g/mol. The second-order valence-electron chi connectivity index (χ2n) is 7.45. The summed E-state index contributed by atoms with van der Waals surface area (Å²) in [5.74, 6) is 0.00164. The summed E-state index contributed by atoms with van der Waals surface area (Å²) in [7, 11) is 1.54. The summed E-state index contributed by atoms with van der Waals surface area (Å²) in [5.41, 5.74) is 0.939. The van der Waals surface area contributed by atoms with Crippen molar-refractivity contribution < 1.29 is 14.7 Å². The van der Waals surface area contributed by atoms with Crippen LogP contribution >= 0.6 is 0 Å². The van der Waals surface area contributed by atoms with Gasteiger partial charge in [0.15, 0.2) is 0 Å². The predicted molar refractivity (Wildman–Crippen MR) is 90.7 cm³/mol. The molecule has 0 bridgehead atoms. The molecule has 8 nitrogen and oxygen atoms in total. The maximum atomic E-state index is 13.2. The molecule has 0 spiro atoms. The number of aliphatic hydroxyl groups is 1. The van der Waals surface area contributed by atoms with Gasteiger partial charge in [-0.2, -0.15) is 0 Å². The number of carbonyl (C=O) groups excluding carboxylic acids is 2. The number of rotatable bonds is 5. The van der Waals surface area contributed by atoms with Crippen LogP contribution in [0.15, 0.2) is 6.20 Å². The highest BCUT2D eigenvalue weighted by molar-refractivity contribution is 5.89. The number of hydrogen-bond acceptors (Lipinski definition) is 5. The number of nitrogens with zero attached hydrogens (tertiary/aromatic N) is 4. The normalized spacial score (nSPS) is 25.1. The lowest BCUT2D eigenvalue weighted by Gasteiger charge is -2.29. The van der Waals surface area contributed by atoms with E-state index in [2.05, 4.69) is 15.6 Å². The second-order valence-corrected chi connectivity index (χ2v) is 7.45. The number of β-amino-alcohol motifs (C(OH)–C–C–N with tert-alkyl or cyclic N) is 1. The van der Waals surface area contributed by atoms with Gasteiger partial charge in [-0.15, -0.1) is 5.10 Å². The first-order valence-electron chi connectivity index (χ1n) is 9.04. The third kappa shape index (κ3) is 3.40. The predicted octanol–water partition coefficient (Wildman–Crippen LogP) is 0.450. The third-order valence-corrected chi connectivity index (χ3v) is 5.33. The van der Waals surface area contributed by atoms with Gasteiger partial charge in [0.25, 0.3) is 0 Å². The first kappa shape index (κ1) is 17.8. The summed E-state index contributed by atoms with van der Waals surface area (Å²) in [6.45, 7) is 4.08. The zero-order valence-electron chi connectivity index (χ0n) is 15.1. The van der Waals surface area contributed by atoms with E-state index in [0.717, 1.165) is 18.5 Å². The SMILES string of the molecule is CNC(=O)[C@@H]1C[C@@H](O)CN1C(=O)C(C(C)C)n1cc(C2CCC2)nn1. The standard InChI is InChI=1S/C17H27N5O3/c1-10(2)15(22-9-13(19-20-22)11-5-4-6-11)17(25)21-8-12(23)7-14(21)16(24)18-3/h9-12,14-15,23H,4-8H2,1-3H3,(H,18,24)/t12-,14+,15?/m1/s1. The molecule has 1 unspecified atom stereocenters. The zero-order valence-corrected chi connectivity index (χ0v) is 15.1. The Labute approximate surface area is 147 Å². The summed E-state index contributed by atoms with van der Waals surface area (Å²) in [5, 5.41) is 21.0. The lowest BCUT2D eigenvalue weighted by atomic mass is 9.83. The van der Waals surface area contributed by atoms with Gasteiger partial charge in [-0.3, -0.25) is 9.59 Å². The molecule has 1 aromatic rings. The lowest BCUT2D eigenvalue weighted by Crippen LogP contribution is -2.48. The molecule has 1 aliphatic carbocycles. The summed E-state index contributed by atoms with van der Waals surface area (Å²) in [6.07, 6.45) is 4.91. The molecule has 3 rings (SSSR count). The Balaban J connectivity index is 1.83. The van der Waals surface area contributed by atoms with Crippen molar-refractivity contribution in [2.75, 3.05) is 13.6 Å². The van der Waals surface area contributed by atoms with Crippen LogP contribution < -0.4 is 5.32 Å². The Morgan fingerprint density at radius 2 is 2.08 bits per heavy atom. The molecule has 0 radical (unpaired) electrons. The Bertz CT molecular complexity index is 640. The first-order chi connectivity index (χ1) is 11.9. The van der Waals surface area contributed by atoms with Gasteiger partial charge < -0.3 is 15.3 Å². The number of likely N-dealkylation sites (N-methyl/N-ethyl adjacent to an activating group) is 1. The van der Waals surface area contributed by atoms with Gasteiger partial charge in [-0.1, -0.05) is 25.5 Å². The first-order valence-corrected chi connectivity index (χ1v) is 9.04. The topological polar surface area (TPSA) is 100 Å². The highest BCUT2D eigenvalue weighted by Crippen LogP contribution is 2.35. The second kappa shape index (κ2) is 7.11. The maximum Gasteiger partial charge on any atom is 0.248 e. The van der Waals surface area contributed by atoms with Crippen LogP contribution in [0.4, 0.5) is 0 Å². The van der Waals surface area contributed by atoms with Crippen LogP contribution in [-0.2, 0) is 9.59 Å². The smallest absolute Gasteiger partial charge is 0.248 e. The van der Waals surface area contributed by atoms with Crippen molar-refractivity contribution in [3.8, 4) is 0 Å². The fraction of sp³-hybridized carbons (Fsp3) is 0.765. The van der Waals surface area contributed by atoms with Gasteiger partial charge in [0, 0.05) is 32.1 Å². The fourth-order valence-electron chi connectivity index (χ4n) is 3.66. The Hall–Kier alpha value is -1.96. The van der Waals surface area contributed by atoms with E-state index in [0.29, 0.717) is 5.92 Å². The molecule has 2 aliphatic rings. The van der Waals surface area contributed by atoms with Gasteiger partial charge in [-0.25, -0.2) is 4.68 Å². The molecule has 1 aromatic heterocycles. The van der Waals surface area contributed by atoms with Crippen molar-refractivity contribution in [3.05, 3.63) is 11.9 Å². The fourth-order valence-corrected chi connectivity index (χ4v) is 3.66. The maximum absolute atomic E-state index is 13.2. The third-order valence-electron chi connectivity index (χ3n) is 5.33. The number of aromatic nitrogens is 3. The van der Waals surface area contributed by atoms with Crippen molar-refractivity contribution in [1.82, 2.24) is 25.2 Å². The molecule has 2 amide bonds. The van der Waals surface area contributed by atoms with Gasteiger partial charge in [0.1, 0.15) is 12.1 Å². The summed E-state index contributed by atoms with van der Waals surface area (Å²) in [4.78, 5) is 26.8. The number of hydrogen-bond donors (Lipinski definition) is 2. The van der Waals surface area contributed by atoms with Crippen molar-refractivity contribution in [2.45, 2.75) is 63.6 Å². The van der Waals surface area contributed by atoms with Crippen LogP contribution in [0.3, 0.4) is 0 Å². The van der Waals surface area contributed by atoms with E-state index in [4.69, 9.17) is 0 Å². The molecule has 2 fully saturated rings. The molecule has 0 aromatic carbocycles. The van der Waals surface area contributed by atoms with Crippen LogP contribution in [-0.4, -0.2) is 62.6 Å². The minimum Gasteiger partial charge on any atom is -0.391 e. The number of likely N-dealkylation sites (tertiary alicyclic amines) is 1. The van der Waals surface area contributed by atoms with Gasteiger partial charge in [0.2, 0.25) is 11.8 Å². The molecule has 2 heterocycles. The van der Waals surface area contributed by atoms with E-state index in [1.54, 1.807) is 4.68 Å². The van der Waals surface area contributed by atoms with E-state index in [1.807, 2.05) is 20.0 Å². The largest absolute Gasteiger partial charge is 0.391 e. The molecular weight excluding hydrogens is 322 g/mol. The van der Waals surface area contributed by atoms with Crippen LogP contribution in [0.5, 0.6) is 0 Å². The number of nitrogens with one attached hydrogen (secondary N) is 1. The Kier molecular flexibility index (Phi) is 5.08. The van der Waals surface area contributed by atoms with E-state index in [9.17, 15) is 14.7 Å². The highest BCUT2D eigenvalue weighted by atomic mass is 16.3.